The zero-order chi connectivity index (χ0) is 3.58. The molecule has 0 heterocycles. The van der Waals surface area contributed by atoms with Crippen molar-refractivity contribution in [1.82, 2.24) is 0 Å². The summed E-state index contributed by atoms with van der Waals surface area (Å²) >= 11 is 2.63. The van der Waals surface area contributed by atoms with Crippen molar-refractivity contribution in [1.29, 1.82) is 0 Å². The van der Waals surface area contributed by atoms with Gasteiger partial charge in [0.1, 0.15) is 0 Å². The zero-order valence-electron chi connectivity index (χ0n) is 2.29. The van der Waals surface area contributed by atoms with Gasteiger partial charge >= 0.3 is 0 Å². The first-order chi connectivity index (χ1) is 1.73. The largest absolute Gasteiger partial charge is 0.287 e. The second-order valence-electron chi connectivity index (χ2n) is 0.470. The van der Waals surface area contributed by atoms with E-state index in [4.69, 9.17) is 0 Å². The molecule has 0 unspecified atom stereocenters. The minimum Gasteiger partial charge on any atom is -0.287 e. The van der Waals surface area contributed by atoms with Crippen molar-refractivity contribution < 1.29 is 4.79 Å². The quantitative estimate of drug-likeness (QED) is 0.347. The Morgan fingerprint density at radius 2 is 2.00 bits per heavy atom. The zero-order valence-corrected chi connectivity index (χ0v) is 3.87. The number of carbonyl (C=O) groups is 1. The third-order valence-electron chi connectivity index (χ3n) is 0. The fourth-order valence-corrected chi connectivity index (χ4v) is 0. The predicted molar refractivity (Wildman–Crippen MR) is 19.6 cm³/mol. The first-order valence-corrected chi connectivity index (χ1v) is 1.69. The van der Waals surface area contributed by atoms with Gasteiger partial charge in [0.15, 0.2) is 4.69 Å². The van der Waals surface area contributed by atoms with Gasteiger partial charge in [0.2, 0.25) is 0 Å². The van der Waals surface area contributed by atoms with Gasteiger partial charge in [0.05, 0.1) is 0 Å². The Balaban J connectivity index is 2.80. The molecule has 0 atom stereocenters. The highest BCUT2D eigenvalue weighted by atomic mass is 79.9. The summed E-state index contributed by atoms with van der Waals surface area (Å²) < 4.78 is -0.0208. The fraction of sp³-hybridized carbons (Fsp3) is 0.500. The summed E-state index contributed by atoms with van der Waals surface area (Å²) in [5, 5.41) is 0. The monoisotopic (exact) mass is 124 g/mol. The second kappa shape index (κ2) is 1.47. The summed E-state index contributed by atoms with van der Waals surface area (Å²) in [6.45, 7) is 1.44. The molecule has 0 amide bonds. The molecule has 0 radical (unpaired) electrons. The van der Waals surface area contributed by atoms with Gasteiger partial charge in [-0.25, -0.2) is 0 Å². The first-order valence-electron chi connectivity index (χ1n) is 0.893. The predicted octanol–water partition coefficient (Wildman–Crippen LogP) is 0.928. The Hall–Kier alpha value is 0.150. The summed E-state index contributed by atoms with van der Waals surface area (Å²) in [5.74, 6) is 0. The second-order valence-corrected chi connectivity index (χ2v) is 1.59. The van der Waals surface area contributed by atoms with Crippen molar-refractivity contribution in [3.05, 3.63) is 0 Å². The minimum absolute atomic E-state index is 0.0208. The molecule has 4 heavy (non-hydrogen) atoms. The van der Waals surface area contributed by atoms with E-state index < -0.39 is 0 Å². The van der Waals surface area contributed by atoms with Crippen molar-refractivity contribution in [2.24, 2.45) is 0 Å². The SMILES string of the molecule is [13CH3][13C](=O)Br. The normalized spacial score (nSPS) is 6.50. The molecule has 0 fully saturated rings. The summed E-state index contributed by atoms with van der Waals surface area (Å²) in [7, 11) is 0. The van der Waals surface area contributed by atoms with Crippen LogP contribution in [0.25, 0.3) is 0 Å². The van der Waals surface area contributed by atoms with E-state index in [2.05, 4.69) is 15.9 Å². The molecule has 0 aliphatic rings. The van der Waals surface area contributed by atoms with Crippen molar-refractivity contribution in [3.63, 3.8) is 0 Å². The Morgan fingerprint density at radius 3 is 2.00 bits per heavy atom. The number of hydrogen-bond donors (Lipinski definition) is 0. The van der Waals surface area contributed by atoms with Crippen LogP contribution in [0.2, 0.25) is 0 Å². The van der Waals surface area contributed by atoms with Crippen LogP contribution in [0.5, 0.6) is 0 Å². The van der Waals surface area contributed by atoms with E-state index in [0.29, 0.717) is 0 Å². The van der Waals surface area contributed by atoms with E-state index in [-0.39, 0.29) is 4.69 Å². The lowest BCUT2D eigenvalue weighted by atomic mass is 11.9. The third-order valence-corrected chi connectivity index (χ3v) is 0. The van der Waals surface area contributed by atoms with Crippen LogP contribution in [-0.2, 0) is 4.79 Å². The smallest absolute Gasteiger partial charge is 0.194 e. The van der Waals surface area contributed by atoms with E-state index in [1.807, 2.05) is 0 Å². The van der Waals surface area contributed by atoms with Crippen molar-refractivity contribution >= 4 is 20.6 Å². The average Bonchev–Trinajstić information content (AvgIpc) is 0.811. The molecule has 0 bridgehead atoms. The van der Waals surface area contributed by atoms with Gasteiger partial charge < -0.3 is 0 Å². The molecule has 1 nitrogen and oxygen atoms in total. The van der Waals surface area contributed by atoms with Crippen molar-refractivity contribution in [2.75, 3.05) is 0 Å². The number of halogens is 1. The molecule has 0 aromatic rings. The lowest BCUT2D eigenvalue weighted by Gasteiger charge is -1.52. The molecule has 0 saturated carbocycles. The molecule has 0 aromatic heterocycles. The molecule has 0 aliphatic heterocycles. The van der Waals surface area contributed by atoms with E-state index >= 15 is 0 Å². The Labute approximate surface area is 33.1 Å². The molecule has 0 saturated heterocycles. The van der Waals surface area contributed by atoms with Gasteiger partial charge in [-0.05, 0) is 15.9 Å². The first kappa shape index (κ1) is 4.15. The van der Waals surface area contributed by atoms with E-state index in [0.717, 1.165) is 0 Å². The van der Waals surface area contributed by atoms with Gasteiger partial charge in [0.25, 0.3) is 0 Å². The van der Waals surface area contributed by atoms with Crippen LogP contribution in [0.4, 0.5) is 0 Å². The van der Waals surface area contributed by atoms with Crippen LogP contribution in [-0.4, -0.2) is 4.69 Å². The van der Waals surface area contributed by atoms with E-state index in [9.17, 15) is 4.79 Å². The topological polar surface area (TPSA) is 17.1 Å². The number of carbonyl (C=O) groups excluding carboxylic acids is 1. The van der Waals surface area contributed by atoms with Crippen LogP contribution in [0, 0.1) is 0 Å². The highest BCUT2D eigenvalue weighted by Crippen LogP contribution is 1.74. The number of rotatable bonds is 0. The molecular weight excluding hydrogens is 122 g/mol. The molecule has 0 rings (SSSR count). The van der Waals surface area contributed by atoms with Crippen LogP contribution < -0.4 is 0 Å². The molecular formula is C2H3BrO. The van der Waals surface area contributed by atoms with Gasteiger partial charge in [0, 0.05) is 6.92 Å². The molecule has 2 heteroatoms. The third kappa shape index (κ3) is 126. The van der Waals surface area contributed by atoms with Crippen LogP contribution in [0.3, 0.4) is 0 Å². The molecule has 24 valence electrons. The highest BCUT2D eigenvalue weighted by Gasteiger charge is 1.66. The average molecular weight is 125 g/mol. The Kier molecular flexibility index (Phi) is 1.52. The molecule has 0 aliphatic carbocycles. The summed E-state index contributed by atoms with van der Waals surface area (Å²) in [5.41, 5.74) is 0. The summed E-state index contributed by atoms with van der Waals surface area (Å²) in [6, 6.07) is 0. The summed E-state index contributed by atoms with van der Waals surface area (Å²) in [6.07, 6.45) is 0. The fourth-order valence-electron chi connectivity index (χ4n) is 0. The van der Waals surface area contributed by atoms with Crippen LogP contribution >= 0.6 is 15.9 Å². The maximum atomic E-state index is 9.36. The molecule has 0 N–H and O–H groups in total. The highest BCUT2D eigenvalue weighted by molar-refractivity contribution is 9.18. The van der Waals surface area contributed by atoms with Gasteiger partial charge in [-0.3, -0.25) is 4.79 Å². The summed E-state index contributed by atoms with van der Waals surface area (Å²) in [4.78, 5) is 9.36. The lowest BCUT2D eigenvalue weighted by molar-refractivity contribution is -0.108. The Bertz CT molecular complexity index is 29.0. The Morgan fingerprint density at radius 1 is 2.00 bits per heavy atom. The lowest BCUT2D eigenvalue weighted by Crippen LogP contribution is -1.60. The standard InChI is InChI=1S/C2H3BrO/c1-2(3)4/h1H3/i1+1,2+1. The molecule has 0 spiro atoms. The van der Waals surface area contributed by atoms with Gasteiger partial charge in [-0.1, -0.05) is 0 Å². The minimum atomic E-state index is -0.0208. The maximum absolute atomic E-state index is 9.36. The number of hydrogen-bond acceptors (Lipinski definition) is 1. The van der Waals surface area contributed by atoms with Crippen molar-refractivity contribution in [3.8, 4) is 0 Å². The van der Waals surface area contributed by atoms with Crippen molar-refractivity contribution in [2.45, 2.75) is 6.92 Å². The van der Waals surface area contributed by atoms with Crippen LogP contribution in [0.15, 0.2) is 0 Å². The maximum Gasteiger partial charge on any atom is 0.194 e. The van der Waals surface area contributed by atoms with E-state index in [1.165, 1.54) is 6.92 Å². The van der Waals surface area contributed by atoms with Crippen LogP contribution in [0.1, 0.15) is 6.92 Å². The molecule has 0 aromatic carbocycles. The van der Waals surface area contributed by atoms with Gasteiger partial charge in [-0.2, -0.15) is 0 Å². The van der Waals surface area contributed by atoms with Gasteiger partial charge in [-0.15, -0.1) is 0 Å². The van der Waals surface area contributed by atoms with E-state index in [1.54, 1.807) is 0 Å².